The summed E-state index contributed by atoms with van der Waals surface area (Å²) < 4.78 is 236. The van der Waals surface area contributed by atoms with Crippen LogP contribution >= 0.6 is 0 Å². The van der Waals surface area contributed by atoms with E-state index in [0.717, 1.165) is 24.3 Å². The number of benzene rings is 4. The molecular formula is C80H88F12N4O20Ru4S4. The molecule has 124 heavy (non-hydrogen) atoms. The molecule has 4 aromatic carbocycles. The Kier molecular flexibility index (Phi) is 68.1. The normalized spacial score (nSPS) is 11.3. The fraction of sp³-hybridized carbons (Fsp3) is 0.300. The van der Waals surface area contributed by atoms with Crippen molar-refractivity contribution in [1.82, 2.24) is 19.9 Å². The van der Waals surface area contributed by atoms with Crippen molar-refractivity contribution in [3.8, 4) is 0 Å². The summed E-state index contributed by atoms with van der Waals surface area (Å²) in [6.45, 7) is 31.5. The van der Waals surface area contributed by atoms with Gasteiger partial charge in [-0.25, -0.2) is 33.7 Å². The Morgan fingerprint density at radius 2 is 0.452 bits per heavy atom. The second kappa shape index (κ2) is 64.4. The third-order valence-electron chi connectivity index (χ3n) is 13.2. The second-order valence-electron chi connectivity index (χ2n) is 25.3. The van der Waals surface area contributed by atoms with Crippen LogP contribution in [-0.2, 0) is 128 Å². The number of ketones is 4. The number of halogens is 12. The molecule has 0 aliphatic carbocycles. The number of hydrogen-bond donors (Lipinski definition) is 0. The molecule has 0 unspecified atom stereocenters. The molecule has 0 atom stereocenters. The van der Waals surface area contributed by atoms with Gasteiger partial charge in [0, 0.05) is 60.7 Å². The number of carbonyl (C=O) groups is 4. The maximum Gasteiger partial charge on any atom is 2.00 e. The predicted octanol–water partition coefficient (Wildman–Crippen LogP) is 14.5. The van der Waals surface area contributed by atoms with Crippen LogP contribution in [0, 0.1) is 27.7 Å². The number of rotatable bonds is 12. The van der Waals surface area contributed by atoms with E-state index < -0.39 is 62.5 Å². The number of hydrogen-bond acceptors (Lipinski definition) is 24. The Hall–Kier alpha value is -8.39. The van der Waals surface area contributed by atoms with E-state index in [4.69, 9.17) is 51.9 Å². The zero-order valence-corrected chi connectivity index (χ0v) is 78.8. The second-order valence-corrected chi connectivity index (χ2v) is 30.8. The van der Waals surface area contributed by atoms with Crippen LogP contribution < -0.4 is 20.4 Å². The van der Waals surface area contributed by atoms with Crippen molar-refractivity contribution in [2.45, 2.75) is 156 Å². The Morgan fingerprint density at radius 1 is 0.298 bits per heavy atom. The molecule has 4 aromatic heterocycles. The Morgan fingerprint density at radius 3 is 0.565 bits per heavy atom. The summed E-state index contributed by atoms with van der Waals surface area (Å²) in [6, 6.07) is 47.9. The van der Waals surface area contributed by atoms with E-state index in [9.17, 15) is 92.3 Å². The smallest absolute Gasteiger partial charge is 0.876 e. The predicted molar refractivity (Wildman–Crippen MR) is 415 cm³/mol. The van der Waals surface area contributed by atoms with Crippen molar-refractivity contribution in [2.75, 3.05) is 0 Å². The summed E-state index contributed by atoms with van der Waals surface area (Å²) in [5.74, 6) is 0.445. The van der Waals surface area contributed by atoms with Gasteiger partial charge < -0.3 is 38.6 Å². The van der Waals surface area contributed by atoms with Gasteiger partial charge in [-0.05, 0) is 159 Å². The van der Waals surface area contributed by atoms with Gasteiger partial charge in [0.15, 0.2) is 63.6 Å². The van der Waals surface area contributed by atoms with Gasteiger partial charge in [0.1, 0.15) is 0 Å². The molecule has 0 saturated heterocycles. The third-order valence-corrected chi connectivity index (χ3v) is 15.5. The van der Waals surface area contributed by atoms with Crippen molar-refractivity contribution < 1.29 is 222 Å². The van der Waals surface area contributed by atoms with Crippen LogP contribution in [0.5, 0.6) is 0 Å². The van der Waals surface area contributed by atoms with E-state index in [-0.39, 0.29) is 124 Å². The van der Waals surface area contributed by atoms with Crippen LogP contribution in [0.25, 0.3) is 11.5 Å². The average Bonchev–Trinajstić information content (AvgIpc) is 0.873. The Balaban J connectivity index is -0.000000197. The number of aryl methyl sites for hydroxylation is 4. The van der Waals surface area contributed by atoms with E-state index in [2.05, 4.69) is 200 Å². The van der Waals surface area contributed by atoms with Crippen LogP contribution in [-0.4, -0.2) is 117 Å². The van der Waals surface area contributed by atoms with E-state index >= 15 is 0 Å². The number of pyridine rings is 4. The fourth-order valence-electron chi connectivity index (χ4n) is 6.91. The molecule has 24 nitrogen and oxygen atoms in total. The molecule has 0 bridgehead atoms. The molecule has 0 aliphatic rings. The molecule has 0 amide bonds. The Labute approximate surface area is 765 Å². The number of alkyl halides is 12. The van der Waals surface area contributed by atoms with Crippen molar-refractivity contribution in [3.63, 3.8) is 0 Å². The van der Waals surface area contributed by atoms with Crippen LogP contribution in [0.3, 0.4) is 0 Å². The molecule has 8 rings (SSSR count). The van der Waals surface area contributed by atoms with Crippen LogP contribution in [0.15, 0.2) is 231 Å². The van der Waals surface area contributed by atoms with Crippen molar-refractivity contribution in [2.24, 2.45) is 0 Å². The number of aromatic nitrogens is 4. The monoisotopic (exact) mass is 2190 g/mol. The first-order valence-electron chi connectivity index (χ1n) is 34.1. The van der Waals surface area contributed by atoms with Crippen molar-refractivity contribution in [3.05, 3.63) is 298 Å². The average molecular weight is 2190 g/mol. The summed E-state index contributed by atoms with van der Waals surface area (Å²) in [6.07, 6.45) is 16.2. The Bertz CT molecular complexity index is 4470. The molecule has 688 valence electrons. The zero-order valence-electron chi connectivity index (χ0n) is 68.6. The van der Waals surface area contributed by atoms with E-state index in [1.807, 2.05) is 0 Å². The van der Waals surface area contributed by atoms with Gasteiger partial charge in [-0.1, -0.05) is 212 Å². The van der Waals surface area contributed by atoms with Crippen molar-refractivity contribution >= 4 is 75.1 Å². The van der Waals surface area contributed by atoms with E-state index in [0.29, 0.717) is 45.9 Å². The maximum absolute atomic E-state index is 11.1. The summed E-state index contributed by atoms with van der Waals surface area (Å²) in [5, 5.41) is 43.3. The topological polar surface area (TPSA) is 441 Å². The van der Waals surface area contributed by atoms with E-state index in [1.165, 1.54) is 97.0 Å². The standard InChI is InChI=1S/4C10H14.4C9H9NO2.4CHF3O3S.4Ru/c4*1-8(2)10-6-4-9(3)5-7-10;4*1-7(11)5-9(12)8-3-2-4-10-6-8;4*2-1(3,4)8(5,6)7;;;;/h4*4-8H,1-3H3;2*2-6,12H,1H3;2*2-6,11H,1H3;4*(H,5,6,7);;;;/q;;;;;;;;;;;;4*+2/p-8/b;;;;2*9-5-;2*7-5-;;;;;;;;. The molecule has 0 spiro atoms. The SMILES string of the molecule is C/C([O-])=C/C(=O)c1cccnc1.C/C([O-])=C/C(=O)c1cccnc1.CC(=O)/C=C(\[O-])c1cccnc1.CC(=O)/C=C(\[O-])c1cccnc1.Cc1ccc(C(C)C)cc1.Cc1ccc(C(C)C)cc1.Cc1ccc(C(C)C)cc1.Cc1ccc(C(C)C)cc1.O=S(=O)([O-])C(F)(F)F.O=S(=O)([O-])C(F)(F)F.O=S(=O)([O-])C(F)(F)F.O=S(=O)([O-])C(F)(F)F.[Ru+2].[Ru+2].[Ru+2].[Ru+2]. The summed E-state index contributed by atoms with van der Waals surface area (Å²) in [7, 11) is -24.4. The minimum absolute atomic E-state index is 0. The number of carbonyl (C=O) groups excluding carboxylic acids is 4. The molecule has 0 radical (unpaired) electrons. The fourth-order valence-corrected chi connectivity index (χ4v) is 6.91. The quantitative estimate of drug-likeness (QED) is 0.0208. The van der Waals surface area contributed by atoms with Gasteiger partial charge in [0.2, 0.25) is 0 Å². The first-order chi connectivity index (χ1) is 54.6. The van der Waals surface area contributed by atoms with Gasteiger partial charge in [0.25, 0.3) is 0 Å². The zero-order chi connectivity index (χ0) is 94.1. The molecule has 0 aliphatic heterocycles. The van der Waals surface area contributed by atoms with Crippen molar-refractivity contribution in [1.29, 1.82) is 0 Å². The first-order valence-corrected chi connectivity index (χ1v) is 39.8. The molecular weight excluding hydrogens is 2100 g/mol. The van der Waals surface area contributed by atoms with Gasteiger partial charge in [-0.2, -0.15) is 52.7 Å². The maximum atomic E-state index is 11.1. The first kappa shape index (κ1) is 131. The van der Waals surface area contributed by atoms with Gasteiger partial charge in [-0.3, -0.25) is 39.1 Å². The minimum atomic E-state index is -6.09. The molecule has 0 N–H and O–H groups in total. The van der Waals surface area contributed by atoms with Crippen LogP contribution in [0.1, 0.15) is 183 Å². The third kappa shape index (κ3) is 66.1. The minimum Gasteiger partial charge on any atom is -0.876 e. The number of nitrogens with zero attached hydrogens (tertiary/aromatic N) is 4. The molecule has 4 heterocycles. The molecule has 0 saturated carbocycles. The summed E-state index contributed by atoms with van der Waals surface area (Å²) >= 11 is 0. The molecule has 8 aromatic rings. The molecule has 44 heteroatoms. The largest absolute Gasteiger partial charge is 2.00 e. The molecule has 0 fully saturated rings. The number of allylic oxidation sites excluding steroid dienone is 6. The van der Waals surface area contributed by atoms with Gasteiger partial charge in [0.05, 0.1) is 0 Å². The summed E-state index contributed by atoms with van der Waals surface area (Å²) in [5.41, 5.74) is -9.80. The van der Waals surface area contributed by atoms with Gasteiger partial charge in [-0.15, -0.1) is 11.5 Å². The summed E-state index contributed by atoms with van der Waals surface area (Å²) in [4.78, 5) is 58.4. The van der Waals surface area contributed by atoms with E-state index in [1.54, 1.807) is 73.3 Å². The van der Waals surface area contributed by atoms with Crippen LogP contribution in [0.4, 0.5) is 52.7 Å². The van der Waals surface area contributed by atoms with Crippen LogP contribution in [0.2, 0.25) is 0 Å². The van der Waals surface area contributed by atoms with Gasteiger partial charge >= 0.3 is 99.9 Å².